The minimum atomic E-state index is 0.0355. The topological polar surface area (TPSA) is 61.0 Å². The molecule has 1 saturated heterocycles. The van der Waals surface area contributed by atoms with E-state index in [1.807, 2.05) is 11.8 Å². The van der Waals surface area contributed by atoms with Crippen LogP contribution in [-0.2, 0) is 0 Å². The number of nitrogens with one attached hydrogen (secondary N) is 2. The summed E-state index contributed by atoms with van der Waals surface area (Å²) < 4.78 is 0. The number of carbonyl (C=O) groups excluding carboxylic acids is 1. The van der Waals surface area contributed by atoms with Gasteiger partial charge in [0.2, 0.25) is 0 Å². The predicted octanol–water partition coefficient (Wildman–Crippen LogP) is 0.232. The summed E-state index contributed by atoms with van der Waals surface area (Å²) in [6, 6.07) is 0.588. The molecule has 1 aromatic rings. The highest BCUT2D eigenvalue weighted by Crippen LogP contribution is 2.10. The maximum atomic E-state index is 12.0. The lowest BCUT2D eigenvalue weighted by atomic mass is 10.1. The summed E-state index contributed by atoms with van der Waals surface area (Å²) in [5, 5.41) is 3.34. The summed E-state index contributed by atoms with van der Waals surface area (Å²) in [6.07, 6.45) is 3.10. The Morgan fingerprint density at radius 2 is 2.40 bits per heavy atom. The number of amides is 1. The number of hydrogen-bond donors (Lipinski definition) is 2. The first-order valence-electron chi connectivity index (χ1n) is 5.21. The number of rotatable bonds is 1. The summed E-state index contributed by atoms with van der Waals surface area (Å²) in [6.45, 7) is 5.73. The molecule has 0 aliphatic carbocycles. The van der Waals surface area contributed by atoms with Crippen molar-refractivity contribution < 1.29 is 4.79 Å². The van der Waals surface area contributed by atoms with Gasteiger partial charge in [-0.05, 0) is 13.8 Å². The van der Waals surface area contributed by atoms with Gasteiger partial charge in [-0.3, -0.25) is 4.79 Å². The summed E-state index contributed by atoms with van der Waals surface area (Å²) in [4.78, 5) is 20.6. The summed E-state index contributed by atoms with van der Waals surface area (Å²) in [5.41, 5.74) is 0.566. The quantitative estimate of drug-likeness (QED) is 0.694. The van der Waals surface area contributed by atoms with Crippen molar-refractivity contribution in [1.29, 1.82) is 0 Å². The third kappa shape index (κ3) is 2.02. The highest BCUT2D eigenvalue weighted by atomic mass is 16.2. The second-order valence-corrected chi connectivity index (χ2v) is 4.08. The van der Waals surface area contributed by atoms with Crippen LogP contribution in [0.1, 0.15) is 24.3 Å². The van der Waals surface area contributed by atoms with Crippen molar-refractivity contribution in [2.24, 2.45) is 0 Å². The van der Waals surface area contributed by atoms with E-state index in [1.54, 1.807) is 6.20 Å². The second-order valence-electron chi connectivity index (χ2n) is 4.08. The monoisotopic (exact) mass is 208 g/mol. The van der Waals surface area contributed by atoms with E-state index in [9.17, 15) is 4.79 Å². The van der Waals surface area contributed by atoms with Gasteiger partial charge in [-0.15, -0.1) is 0 Å². The van der Waals surface area contributed by atoms with Gasteiger partial charge in [-0.2, -0.15) is 0 Å². The van der Waals surface area contributed by atoms with Crippen LogP contribution in [0.5, 0.6) is 0 Å². The number of H-pyrrole nitrogens is 1. The van der Waals surface area contributed by atoms with Crippen LogP contribution in [0.25, 0.3) is 0 Å². The van der Waals surface area contributed by atoms with E-state index >= 15 is 0 Å². The standard InChI is InChI=1S/C10H16N4O/c1-7-5-14(8(2)3-12-7)10(15)9-4-11-6-13-9/h4,6-8,12H,3,5H2,1-2H3,(H,11,13). The van der Waals surface area contributed by atoms with Gasteiger partial charge in [0.15, 0.2) is 0 Å². The van der Waals surface area contributed by atoms with E-state index in [1.165, 1.54) is 6.33 Å². The Bertz CT molecular complexity index is 335. The molecule has 0 spiro atoms. The molecule has 15 heavy (non-hydrogen) atoms. The lowest BCUT2D eigenvalue weighted by molar-refractivity contribution is 0.0611. The van der Waals surface area contributed by atoms with Crippen molar-refractivity contribution in [2.75, 3.05) is 13.1 Å². The number of hydrogen-bond acceptors (Lipinski definition) is 3. The fraction of sp³-hybridized carbons (Fsp3) is 0.600. The largest absolute Gasteiger partial charge is 0.341 e. The van der Waals surface area contributed by atoms with E-state index in [0.29, 0.717) is 11.7 Å². The Labute approximate surface area is 88.9 Å². The first kappa shape index (κ1) is 10.2. The molecule has 1 aromatic heterocycles. The van der Waals surface area contributed by atoms with Gasteiger partial charge in [-0.1, -0.05) is 0 Å². The van der Waals surface area contributed by atoms with E-state index in [2.05, 4.69) is 22.2 Å². The van der Waals surface area contributed by atoms with Crippen molar-refractivity contribution in [1.82, 2.24) is 20.2 Å². The molecule has 2 atom stereocenters. The van der Waals surface area contributed by atoms with Crippen molar-refractivity contribution in [2.45, 2.75) is 25.9 Å². The van der Waals surface area contributed by atoms with Crippen LogP contribution in [0.4, 0.5) is 0 Å². The highest BCUT2D eigenvalue weighted by Gasteiger charge is 2.27. The van der Waals surface area contributed by atoms with Crippen molar-refractivity contribution in [3.05, 3.63) is 18.2 Å². The van der Waals surface area contributed by atoms with Crippen LogP contribution < -0.4 is 5.32 Å². The van der Waals surface area contributed by atoms with Gasteiger partial charge in [-0.25, -0.2) is 4.98 Å². The normalized spacial score (nSPS) is 26.7. The maximum Gasteiger partial charge on any atom is 0.272 e. The lowest BCUT2D eigenvalue weighted by Crippen LogP contribution is -2.56. The number of aromatic nitrogens is 2. The van der Waals surface area contributed by atoms with E-state index in [0.717, 1.165) is 13.1 Å². The summed E-state index contributed by atoms with van der Waals surface area (Å²) in [7, 11) is 0. The molecule has 0 radical (unpaired) electrons. The first-order chi connectivity index (χ1) is 7.18. The van der Waals surface area contributed by atoms with Crippen molar-refractivity contribution >= 4 is 5.91 Å². The zero-order valence-corrected chi connectivity index (χ0v) is 9.03. The van der Waals surface area contributed by atoms with E-state index < -0.39 is 0 Å². The van der Waals surface area contributed by atoms with Gasteiger partial charge < -0.3 is 15.2 Å². The number of carbonyl (C=O) groups is 1. The number of nitrogens with zero attached hydrogens (tertiary/aromatic N) is 2. The van der Waals surface area contributed by atoms with Crippen molar-refractivity contribution in [3.63, 3.8) is 0 Å². The zero-order valence-electron chi connectivity index (χ0n) is 9.03. The molecule has 0 bridgehead atoms. The molecular formula is C10H16N4O. The summed E-state index contributed by atoms with van der Waals surface area (Å²) >= 11 is 0. The molecule has 0 saturated carbocycles. The molecule has 1 amide bonds. The molecule has 1 aliphatic rings. The average Bonchev–Trinajstić information content (AvgIpc) is 2.74. The molecule has 5 heteroatoms. The Morgan fingerprint density at radius 1 is 1.60 bits per heavy atom. The lowest BCUT2D eigenvalue weighted by Gasteiger charge is -2.37. The highest BCUT2D eigenvalue weighted by molar-refractivity contribution is 5.92. The van der Waals surface area contributed by atoms with Crippen LogP contribution in [-0.4, -0.2) is 45.9 Å². The molecule has 2 N–H and O–H groups in total. The number of aromatic amines is 1. The third-order valence-electron chi connectivity index (χ3n) is 2.75. The van der Waals surface area contributed by atoms with Crippen molar-refractivity contribution in [3.8, 4) is 0 Å². The van der Waals surface area contributed by atoms with Gasteiger partial charge in [0, 0.05) is 25.2 Å². The van der Waals surface area contributed by atoms with Crippen LogP contribution >= 0.6 is 0 Å². The Hall–Kier alpha value is -1.36. The summed E-state index contributed by atoms with van der Waals surface area (Å²) in [5.74, 6) is 0.0355. The van der Waals surface area contributed by atoms with E-state index in [-0.39, 0.29) is 11.9 Å². The molecule has 82 valence electrons. The molecule has 0 aromatic carbocycles. The van der Waals surface area contributed by atoms with Crippen LogP contribution in [0.15, 0.2) is 12.5 Å². The van der Waals surface area contributed by atoms with E-state index in [4.69, 9.17) is 0 Å². The third-order valence-corrected chi connectivity index (χ3v) is 2.75. The smallest absolute Gasteiger partial charge is 0.272 e. The Kier molecular flexibility index (Phi) is 2.73. The molecule has 2 heterocycles. The second kappa shape index (κ2) is 4.02. The van der Waals surface area contributed by atoms with Gasteiger partial charge in [0.1, 0.15) is 5.69 Å². The number of piperazine rings is 1. The Morgan fingerprint density at radius 3 is 3.07 bits per heavy atom. The average molecular weight is 208 g/mol. The minimum Gasteiger partial charge on any atom is -0.341 e. The van der Waals surface area contributed by atoms with Crippen LogP contribution in [0.3, 0.4) is 0 Å². The SMILES string of the molecule is CC1CN(C(=O)c2cnc[nH]2)C(C)CN1. The molecular weight excluding hydrogens is 192 g/mol. The fourth-order valence-electron chi connectivity index (χ4n) is 1.83. The maximum absolute atomic E-state index is 12.0. The minimum absolute atomic E-state index is 0.0355. The molecule has 2 rings (SSSR count). The first-order valence-corrected chi connectivity index (χ1v) is 5.21. The van der Waals surface area contributed by atoms with Gasteiger partial charge in [0.25, 0.3) is 5.91 Å². The number of imidazole rings is 1. The van der Waals surface area contributed by atoms with Crippen LogP contribution in [0, 0.1) is 0 Å². The molecule has 5 nitrogen and oxygen atoms in total. The Balaban J connectivity index is 2.12. The van der Waals surface area contributed by atoms with Gasteiger partial charge >= 0.3 is 0 Å². The zero-order chi connectivity index (χ0) is 10.8. The molecule has 1 fully saturated rings. The molecule has 2 unspecified atom stereocenters. The fourth-order valence-corrected chi connectivity index (χ4v) is 1.83. The predicted molar refractivity (Wildman–Crippen MR) is 56.6 cm³/mol. The van der Waals surface area contributed by atoms with Gasteiger partial charge in [0.05, 0.1) is 12.5 Å². The molecule has 1 aliphatic heterocycles. The van der Waals surface area contributed by atoms with Crippen LogP contribution in [0.2, 0.25) is 0 Å².